The van der Waals surface area contributed by atoms with Crippen molar-refractivity contribution in [3.8, 4) is 17.3 Å². The first-order valence-electron chi connectivity index (χ1n) is 12.5. The van der Waals surface area contributed by atoms with Crippen molar-refractivity contribution in [3.63, 3.8) is 0 Å². The largest absolute Gasteiger partial charge is 0.461 e. The summed E-state index contributed by atoms with van der Waals surface area (Å²) in [5, 5.41) is 11.9. The maximum Gasteiger partial charge on any atom is 0.273 e. The van der Waals surface area contributed by atoms with Gasteiger partial charge in [0.15, 0.2) is 10.9 Å². The van der Waals surface area contributed by atoms with Crippen LogP contribution in [0.5, 0.6) is 0 Å². The number of aromatic nitrogens is 4. The van der Waals surface area contributed by atoms with Crippen LogP contribution in [0.3, 0.4) is 0 Å². The molecule has 1 saturated heterocycles. The SMILES string of the molecule is O=C(c1csc(CSc2nnc(-c3ccco3)n2-c2ccc(F)cc2)n1)N1CCN(Cc2ccccc2)CC1. The molecule has 2 aromatic carbocycles. The first-order valence-corrected chi connectivity index (χ1v) is 14.4. The fourth-order valence-corrected chi connectivity index (χ4v) is 6.20. The zero-order chi connectivity index (χ0) is 26.6. The molecule has 1 aliphatic rings. The van der Waals surface area contributed by atoms with Crippen LogP contribution in [0.4, 0.5) is 4.39 Å². The Labute approximate surface area is 233 Å². The zero-order valence-corrected chi connectivity index (χ0v) is 22.6. The van der Waals surface area contributed by atoms with E-state index in [1.54, 1.807) is 30.5 Å². The van der Waals surface area contributed by atoms with Gasteiger partial charge in [-0.25, -0.2) is 9.37 Å². The van der Waals surface area contributed by atoms with E-state index in [0.29, 0.717) is 41.3 Å². The number of benzene rings is 2. The van der Waals surface area contributed by atoms with Gasteiger partial charge in [0, 0.05) is 38.1 Å². The summed E-state index contributed by atoms with van der Waals surface area (Å²) in [5.41, 5.74) is 2.48. The van der Waals surface area contributed by atoms with E-state index in [-0.39, 0.29) is 11.7 Å². The van der Waals surface area contributed by atoms with Gasteiger partial charge in [0.2, 0.25) is 5.82 Å². The average Bonchev–Trinajstić information content (AvgIpc) is 3.74. The number of thioether (sulfide) groups is 1. The van der Waals surface area contributed by atoms with Crippen molar-refractivity contribution in [1.29, 1.82) is 0 Å². The molecule has 0 atom stereocenters. The van der Waals surface area contributed by atoms with E-state index >= 15 is 0 Å². The lowest BCUT2D eigenvalue weighted by Crippen LogP contribution is -2.48. The molecule has 0 radical (unpaired) electrons. The number of furan rings is 1. The number of piperazine rings is 1. The number of carbonyl (C=O) groups is 1. The Bertz CT molecular complexity index is 1530. The first-order chi connectivity index (χ1) is 19.1. The standard InChI is InChI=1S/C28H25FN6O2S2/c29-21-8-10-22(11-9-21)35-26(24-7-4-16-37-24)31-32-28(35)39-19-25-30-23(18-38-25)27(36)34-14-12-33(13-15-34)17-20-5-2-1-3-6-20/h1-11,16,18H,12-15,17,19H2. The van der Waals surface area contributed by atoms with Gasteiger partial charge in [0.05, 0.1) is 17.7 Å². The molecule has 3 aromatic heterocycles. The number of thiazole rings is 1. The van der Waals surface area contributed by atoms with Gasteiger partial charge in [-0.2, -0.15) is 0 Å². The van der Waals surface area contributed by atoms with Gasteiger partial charge in [-0.05, 0) is 42.0 Å². The van der Waals surface area contributed by atoms with Crippen LogP contribution in [0.15, 0.2) is 87.9 Å². The molecule has 11 heteroatoms. The molecule has 1 fully saturated rings. The van der Waals surface area contributed by atoms with Crippen LogP contribution in [-0.4, -0.2) is 61.6 Å². The third-order valence-electron chi connectivity index (χ3n) is 6.46. The summed E-state index contributed by atoms with van der Waals surface area (Å²) in [6, 6.07) is 20.1. The Morgan fingerprint density at radius 1 is 0.974 bits per heavy atom. The number of nitrogens with zero attached hydrogens (tertiary/aromatic N) is 6. The Hall–Kier alpha value is -3.80. The monoisotopic (exact) mass is 560 g/mol. The molecule has 0 saturated carbocycles. The minimum Gasteiger partial charge on any atom is -0.461 e. The topological polar surface area (TPSA) is 80.3 Å². The Kier molecular flexibility index (Phi) is 7.53. The van der Waals surface area contributed by atoms with Crippen molar-refractivity contribution in [2.24, 2.45) is 0 Å². The summed E-state index contributed by atoms with van der Waals surface area (Å²) in [7, 11) is 0. The Morgan fingerprint density at radius 2 is 1.77 bits per heavy atom. The van der Waals surface area contributed by atoms with Crippen LogP contribution in [0.25, 0.3) is 17.3 Å². The van der Waals surface area contributed by atoms with Gasteiger partial charge in [-0.15, -0.1) is 21.5 Å². The number of carbonyl (C=O) groups excluding carboxylic acids is 1. The quantitative estimate of drug-likeness (QED) is 0.236. The summed E-state index contributed by atoms with van der Waals surface area (Å²) in [5.74, 6) is 1.25. The molecule has 0 aliphatic carbocycles. The molecule has 8 nitrogen and oxygen atoms in total. The predicted molar refractivity (Wildman–Crippen MR) is 148 cm³/mol. The van der Waals surface area contributed by atoms with E-state index in [9.17, 15) is 9.18 Å². The molecule has 6 rings (SSSR count). The highest BCUT2D eigenvalue weighted by molar-refractivity contribution is 7.98. The Morgan fingerprint density at radius 3 is 2.51 bits per heavy atom. The van der Waals surface area contributed by atoms with E-state index in [4.69, 9.17) is 4.42 Å². The van der Waals surface area contributed by atoms with E-state index in [2.05, 4.69) is 44.3 Å². The van der Waals surface area contributed by atoms with Crippen LogP contribution in [0.1, 0.15) is 21.1 Å². The van der Waals surface area contributed by atoms with Crippen LogP contribution < -0.4 is 0 Å². The van der Waals surface area contributed by atoms with Gasteiger partial charge in [-0.3, -0.25) is 14.3 Å². The second-order valence-corrected chi connectivity index (χ2v) is 10.9. The van der Waals surface area contributed by atoms with Gasteiger partial charge in [0.25, 0.3) is 5.91 Å². The molecule has 0 N–H and O–H groups in total. The van der Waals surface area contributed by atoms with Gasteiger partial charge in [0.1, 0.15) is 16.5 Å². The van der Waals surface area contributed by atoms with Crippen LogP contribution in [-0.2, 0) is 12.3 Å². The number of amides is 1. The van der Waals surface area contributed by atoms with Crippen molar-refractivity contribution in [1.82, 2.24) is 29.5 Å². The molecule has 1 aliphatic heterocycles. The lowest BCUT2D eigenvalue weighted by molar-refractivity contribution is 0.0623. The number of rotatable bonds is 8. The lowest BCUT2D eigenvalue weighted by atomic mass is 10.2. The predicted octanol–water partition coefficient (Wildman–Crippen LogP) is 5.37. The van der Waals surface area contributed by atoms with Crippen molar-refractivity contribution in [3.05, 3.63) is 100 Å². The summed E-state index contributed by atoms with van der Waals surface area (Å²) < 4.78 is 21.0. The van der Waals surface area contributed by atoms with E-state index in [1.165, 1.54) is 40.8 Å². The molecule has 5 aromatic rings. The first kappa shape index (κ1) is 25.5. The van der Waals surface area contributed by atoms with Crippen molar-refractivity contribution >= 4 is 29.0 Å². The van der Waals surface area contributed by atoms with Gasteiger partial charge >= 0.3 is 0 Å². The summed E-state index contributed by atoms with van der Waals surface area (Å²) in [6.07, 6.45) is 1.57. The third kappa shape index (κ3) is 5.80. The minimum atomic E-state index is -0.321. The van der Waals surface area contributed by atoms with Crippen LogP contribution in [0, 0.1) is 5.82 Å². The minimum absolute atomic E-state index is 0.0311. The fraction of sp³-hybridized carbons (Fsp3) is 0.214. The molecule has 0 unspecified atom stereocenters. The summed E-state index contributed by atoms with van der Waals surface area (Å²) in [4.78, 5) is 22.0. The summed E-state index contributed by atoms with van der Waals surface area (Å²) >= 11 is 2.91. The normalized spacial score (nSPS) is 14.1. The van der Waals surface area contributed by atoms with Crippen LogP contribution in [0.2, 0.25) is 0 Å². The second kappa shape index (κ2) is 11.5. The van der Waals surface area contributed by atoms with Crippen molar-refractivity contribution in [2.75, 3.05) is 26.2 Å². The zero-order valence-electron chi connectivity index (χ0n) is 20.9. The Balaban J connectivity index is 1.10. The lowest BCUT2D eigenvalue weighted by Gasteiger charge is -2.34. The smallest absolute Gasteiger partial charge is 0.273 e. The van der Waals surface area contributed by atoms with Crippen molar-refractivity contribution in [2.45, 2.75) is 17.5 Å². The van der Waals surface area contributed by atoms with E-state index in [1.807, 2.05) is 20.9 Å². The molecule has 198 valence electrons. The fourth-order valence-electron chi connectivity index (χ4n) is 4.47. The second-order valence-electron chi connectivity index (χ2n) is 9.06. The van der Waals surface area contributed by atoms with Crippen molar-refractivity contribution < 1.29 is 13.6 Å². The highest BCUT2D eigenvalue weighted by Gasteiger charge is 2.24. The molecule has 39 heavy (non-hydrogen) atoms. The molecular formula is C28H25FN6O2S2. The number of hydrogen-bond acceptors (Lipinski definition) is 8. The van der Waals surface area contributed by atoms with E-state index in [0.717, 1.165) is 30.3 Å². The highest BCUT2D eigenvalue weighted by Crippen LogP contribution is 2.31. The molecule has 1 amide bonds. The molecule has 0 spiro atoms. The summed E-state index contributed by atoms with van der Waals surface area (Å²) in [6.45, 7) is 3.94. The average molecular weight is 561 g/mol. The molecule has 4 heterocycles. The van der Waals surface area contributed by atoms with E-state index < -0.39 is 0 Å². The third-order valence-corrected chi connectivity index (χ3v) is 8.44. The number of hydrogen-bond donors (Lipinski definition) is 0. The number of halogens is 1. The maximum absolute atomic E-state index is 13.6. The van der Waals surface area contributed by atoms with Crippen LogP contribution >= 0.6 is 23.1 Å². The molecule has 0 bridgehead atoms. The van der Waals surface area contributed by atoms with Gasteiger partial charge < -0.3 is 9.32 Å². The molecular weight excluding hydrogens is 535 g/mol. The highest BCUT2D eigenvalue weighted by atomic mass is 32.2. The van der Waals surface area contributed by atoms with Gasteiger partial charge in [-0.1, -0.05) is 42.1 Å². The maximum atomic E-state index is 13.6.